The molecule has 1 amide bonds. The number of rotatable bonds is 1. The van der Waals surface area contributed by atoms with Crippen LogP contribution in [0.2, 0.25) is 0 Å². The van der Waals surface area contributed by atoms with Gasteiger partial charge < -0.3 is 15.0 Å². The number of hydrogen-bond acceptors (Lipinski definition) is 3. The fourth-order valence-corrected chi connectivity index (χ4v) is 2.59. The molecule has 1 atom stereocenters. The smallest absolute Gasteiger partial charge is 0.247 e. The number of fused-ring (bicyclic) bond motifs is 3. The average molecular weight is 218 g/mol. The molecule has 0 saturated carbocycles. The summed E-state index contributed by atoms with van der Waals surface area (Å²) in [6, 6.07) is 5.88. The second-order valence-corrected chi connectivity index (χ2v) is 4.20. The summed E-state index contributed by atoms with van der Waals surface area (Å²) in [5, 5.41) is 2.95. The molecule has 1 unspecified atom stereocenters. The zero-order chi connectivity index (χ0) is 11.1. The van der Waals surface area contributed by atoms with Gasteiger partial charge in [-0.2, -0.15) is 0 Å². The van der Waals surface area contributed by atoms with Gasteiger partial charge in [0.15, 0.2) is 0 Å². The molecule has 2 heterocycles. The van der Waals surface area contributed by atoms with Crippen molar-refractivity contribution in [2.24, 2.45) is 0 Å². The van der Waals surface area contributed by atoms with E-state index in [0.29, 0.717) is 0 Å². The average Bonchev–Trinajstić information content (AvgIpc) is 2.78. The number of carbonyl (C=O) groups excluding carboxylic acids is 1. The van der Waals surface area contributed by atoms with Crippen LogP contribution in [0.5, 0.6) is 5.75 Å². The van der Waals surface area contributed by atoms with Crippen molar-refractivity contribution in [3.8, 4) is 5.75 Å². The number of benzene rings is 1. The van der Waals surface area contributed by atoms with Gasteiger partial charge in [-0.05, 0) is 25.0 Å². The van der Waals surface area contributed by atoms with Crippen LogP contribution in [0.4, 0.5) is 11.4 Å². The highest BCUT2D eigenvalue weighted by Gasteiger charge is 2.37. The van der Waals surface area contributed by atoms with Crippen LogP contribution in [0.3, 0.4) is 0 Å². The highest BCUT2D eigenvalue weighted by Crippen LogP contribution is 2.41. The Morgan fingerprint density at radius 2 is 2.38 bits per heavy atom. The predicted octanol–water partition coefficient (Wildman–Crippen LogP) is 1.62. The summed E-state index contributed by atoms with van der Waals surface area (Å²) in [5.41, 5.74) is 1.90. The van der Waals surface area contributed by atoms with Crippen molar-refractivity contribution in [2.45, 2.75) is 18.9 Å². The molecular formula is C12H14N2O2. The molecule has 0 spiro atoms. The van der Waals surface area contributed by atoms with Crippen molar-refractivity contribution >= 4 is 17.3 Å². The Bertz CT molecular complexity index is 445. The van der Waals surface area contributed by atoms with Crippen molar-refractivity contribution in [2.75, 3.05) is 23.9 Å². The lowest BCUT2D eigenvalue weighted by molar-refractivity contribution is -0.117. The molecule has 2 aliphatic rings. The number of nitrogens with one attached hydrogen (secondary N) is 1. The molecule has 4 heteroatoms. The molecule has 4 nitrogen and oxygen atoms in total. The lowest BCUT2D eigenvalue weighted by Crippen LogP contribution is -2.43. The molecule has 0 aromatic heterocycles. The van der Waals surface area contributed by atoms with Crippen molar-refractivity contribution < 1.29 is 9.53 Å². The van der Waals surface area contributed by atoms with E-state index in [1.807, 2.05) is 18.2 Å². The van der Waals surface area contributed by atoms with E-state index in [4.69, 9.17) is 4.74 Å². The third-order valence-corrected chi connectivity index (χ3v) is 3.34. The number of nitrogens with zero attached hydrogens (tertiary/aromatic N) is 1. The number of anilines is 2. The quantitative estimate of drug-likeness (QED) is 0.778. The summed E-state index contributed by atoms with van der Waals surface area (Å²) in [4.78, 5) is 14.1. The van der Waals surface area contributed by atoms with Crippen molar-refractivity contribution in [1.29, 1.82) is 0 Å². The van der Waals surface area contributed by atoms with Gasteiger partial charge in [0.2, 0.25) is 5.91 Å². The monoisotopic (exact) mass is 218 g/mol. The number of amides is 1. The summed E-state index contributed by atoms with van der Waals surface area (Å²) in [5.74, 6) is 0.825. The Kier molecular flexibility index (Phi) is 2.02. The van der Waals surface area contributed by atoms with E-state index in [2.05, 4.69) is 10.2 Å². The number of para-hydroxylation sites is 1. The molecular weight excluding hydrogens is 204 g/mol. The van der Waals surface area contributed by atoms with Crippen molar-refractivity contribution in [3.63, 3.8) is 0 Å². The third kappa shape index (κ3) is 1.19. The van der Waals surface area contributed by atoms with Gasteiger partial charge in [0.05, 0.1) is 12.8 Å². The number of hydrogen-bond donors (Lipinski definition) is 1. The van der Waals surface area contributed by atoms with Gasteiger partial charge in [-0.3, -0.25) is 4.79 Å². The number of carbonyl (C=O) groups is 1. The van der Waals surface area contributed by atoms with Crippen LogP contribution in [0.15, 0.2) is 18.2 Å². The fourth-order valence-electron chi connectivity index (χ4n) is 2.59. The Balaban J connectivity index is 2.13. The van der Waals surface area contributed by atoms with Gasteiger partial charge in [-0.15, -0.1) is 0 Å². The maximum atomic E-state index is 11.9. The molecule has 0 radical (unpaired) electrons. The van der Waals surface area contributed by atoms with E-state index in [1.165, 1.54) is 0 Å². The lowest BCUT2D eigenvalue weighted by Gasteiger charge is -2.33. The van der Waals surface area contributed by atoms with E-state index in [0.717, 1.165) is 36.5 Å². The Labute approximate surface area is 94.2 Å². The second-order valence-electron chi connectivity index (χ2n) is 4.20. The SMILES string of the molecule is COc1cccc2c1NC(=O)C1CCCN21. The number of methoxy groups -OCH3 is 1. The third-order valence-electron chi connectivity index (χ3n) is 3.34. The van der Waals surface area contributed by atoms with Gasteiger partial charge in [0.1, 0.15) is 17.5 Å². The van der Waals surface area contributed by atoms with Crippen LogP contribution in [-0.2, 0) is 4.79 Å². The molecule has 1 saturated heterocycles. The summed E-state index contributed by atoms with van der Waals surface area (Å²) < 4.78 is 5.27. The fraction of sp³-hybridized carbons (Fsp3) is 0.417. The molecule has 1 aromatic rings. The summed E-state index contributed by atoms with van der Waals surface area (Å²) >= 11 is 0. The maximum absolute atomic E-state index is 11.9. The highest BCUT2D eigenvalue weighted by atomic mass is 16.5. The predicted molar refractivity (Wildman–Crippen MR) is 62.0 cm³/mol. The minimum absolute atomic E-state index is 0.0135. The highest BCUT2D eigenvalue weighted by molar-refractivity contribution is 6.05. The Hall–Kier alpha value is -1.71. The molecule has 16 heavy (non-hydrogen) atoms. The van der Waals surface area contributed by atoms with Gasteiger partial charge in [0.25, 0.3) is 0 Å². The molecule has 1 aromatic carbocycles. The largest absolute Gasteiger partial charge is 0.494 e. The van der Waals surface area contributed by atoms with Gasteiger partial charge in [-0.1, -0.05) is 6.07 Å². The molecule has 84 valence electrons. The summed E-state index contributed by atoms with van der Waals surface area (Å²) in [6.07, 6.45) is 2.03. The Morgan fingerprint density at radius 1 is 1.50 bits per heavy atom. The van der Waals surface area contributed by atoms with Crippen LogP contribution in [0.25, 0.3) is 0 Å². The second kappa shape index (κ2) is 3.40. The van der Waals surface area contributed by atoms with Gasteiger partial charge in [-0.25, -0.2) is 0 Å². The van der Waals surface area contributed by atoms with E-state index in [-0.39, 0.29) is 11.9 Å². The van der Waals surface area contributed by atoms with E-state index < -0.39 is 0 Å². The van der Waals surface area contributed by atoms with Crippen LogP contribution < -0.4 is 15.0 Å². The first-order valence-electron chi connectivity index (χ1n) is 5.56. The molecule has 3 rings (SSSR count). The van der Waals surface area contributed by atoms with Gasteiger partial charge >= 0.3 is 0 Å². The molecule has 0 aliphatic carbocycles. The normalized spacial score (nSPS) is 22.4. The van der Waals surface area contributed by atoms with Crippen molar-refractivity contribution in [1.82, 2.24) is 0 Å². The minimum Gasteiger partial charge on any atom is -0.494 e. The molecule has 1 N–H and O–H groups in total. The zero-order valence-electron chi connectivity index (χ0n) is 9.19. The molecule has 1 fully saturated rings. The Morgan fingerprint density at radius 3 is 3.19 bits per heavy atom. The molecule has 0 bridgehead atoms. The first-order chi connectivity index (χ1) is 7.81. The summed E-state index contributed by atoms with van der Waals surface area (Å²) in [6.45, 7) is 0.957. The maximum Gasteiger partial charge on any atom is 0.247 e. The van der Waals surface area contributed by atoms with Crippen LogP contribution in [0, 0.1) is 0 Å². The van der Waals surface area contributed by atoms with Crippen LogP contribution in [-0.4, -0.2) is 25.6 Å². The van der Waals surface area contributed by atoms with Crippen molar-refractivity contribution in [3.05, 3.63) is 18.2 Å². The lowest BCUT2D eigenvalue weighted by atomic mass is 10.1. The van der Waals surface area contributed by atoms with E-state index in [9.17, 15) is 4.79 Å². The molecule has 2 aliphatic heterocycles. The number of ether oxygens (including phenoxy) is 1. The van der Waals surface area contributed by atoms with Crippen LogP contribution in [0.1, 0.15) is 12.8 Å². The zero-order valence-corrected chi connectivity index (χ0v) is 9.19. The van der Waals surface area contributed by atoms with E-state index >= 15 is 0 Å². The minimum atomic E-state index is 0.0135. The van der Waals surface area contributed by atoms with E-state index in [1.54, 1.807) is 7.11 Å². The summed E-state index contributed by atoms with van der Waals surface area (Å²) in [7, 11) is 1.62. The topological polar surface area (TPSA) is 41.6 Å². The first-order valence-corrected chi connectivity index (χ1v) is 5.56. The van der Waals surface area contributed by atoms with Crippen LogP contribution >= 0.6 is 0 Å². The van der Waals surface area contributed by atoms with Gasteiger partial charge in [0, 0.05) is 6.54 Å². The first kappa shape index (κ1) is 9.51. The standard InChI is InChI=1S/C12H14N2O2/c1-16-10-6-2-4-8-11(10)13-12(15)9-5-3-7-14(8)9/h2,4,6,9H,3,5,7H2,1H3,(H,13,15).